The van der Waals surface area contributed by atoms with Crippen LogP contribution >= 0.6 is 0 Å². The second-order valence-corrected chi connectivity index (χ2v) is 4.70. The third-order valence-electron chi connectivity index (χ3n) is 3.08. The van der Waals surface area contributed by atoms with Crippen molar-refractivity contribution in [2.75, 3.05) is 25.6 Å². The zero-order valence-electron chi connectivity index (χ0n) is 12.1. The molecule has 2 aromatic carbocycles. The summed E-state index contributed by atoms with van der Waals surface area (Å²) in [6, 6.07) is 14.9. The second kappa shape index (κ2) is 6.24. The summed E-state index contributed by atoms with van der Waals surface area (Å²) < 4.78 is 5.51. The maximum atomic E-state index is 12.5. The van der Waals surface area contributed by atoms with Crippen LogP contribution in [0.5, 0.6) is 5.75 Å². The van der Waals surface area contributed by atoms with Crippen molar-refractivity contribution in [1.82, 2.24) is 0 Å². The van der Waals surface area contributed by atoms with Gasteiger partial charge in [0, 0.05) is 25.3 Å². The number of para-hydroxylation sites is 1. The zero-order valence-corrected chi connectivity index (χ0v) is 12.1. The Balaban J connectivity index is 2.31. The smallest absolute Gasteiger partial charge is 0.196 e. The Morgan fingerprint density at radius 2 is 1.70 bits per heavy atom. The third-order valence-corrected chi connectivity index (χ3v) is 3.08. The van der Waals surface area contributed by atoms with E-state index in [1.54, 1.807) is 6.07 Å². The molecule has 0 saturated carbocycles. The first-order valence-electron chi connectivity index (χ1n) is 6.67. The SMILES string of the molecule is CCOc1ccccc1C(=O)c1ccc(N(C)C)cc1. The lowest BCUT2D eigenvalue weighted by atomic mass is 10.0. The molecule has 0 unspecified atom stereocenters. The van der Waals surface area contributed by atoms with Crippen molar-refractivity contribution in [1.29, 1.82) is 0 Å². The summed E-state index contributed by atoms with van der Waals surface area (Å²) in [6.45, 7) is 2.46. The van der Waals surface area contributed by atoms with Crippen LogP contribution in [0, 0.1) is 0 Å². The molecule has 0 aliphatic carbocycles. The van der Waals surface area contributed by atoms with Crippen molar-refractivity contribution >= 4 is 11.5 Å². The van der Waals surface area contributed by atoms with Gasteiger partial charge in [-0.1, -0.05) is 12.1 Å². The summed E-state index contributed by atoms with van der Waals surface area (Å²) in [4.78, 5) is 14.5. The maximum absolute atomic E-state index is 12.5. The van der Waals surface area contributed by atoms with Gasteiger partial charge >= 0.3 is 0 Å². The number of carbonyl (C=O) groups is 1. The molecule has 20 heavy (non-hydrogen) atoms. The van der Waals surface area contributed by atoms with Gasteiger partial charge in [-0.3, -0.25) is 4.79 Å². The number of nitrogens with zero attached hydrogens (tertiary/aromatic N) is 1. The average Bonchev–Trinajstić information content (AvgIpc) is 2.47. The van der Waals surface area contributed by atoms with Gasteiger partial charge in [0.05, 0.1) is 12.2 Å². The summed E-state index contributed by atoms with van der Waals surface area (Å²) in [5.41, 5.74) is 2.34. The number of ketones is 1. The van der Waals surface area contributed by atoms with Gasteiger partial charge in [0.2, 0.25) is 0 Å². The highest BCUT2D eigenvalue weighted by Crippen LogP contribution is 2.22. The molecular weight excluding hydrogens is 250 g/mol. The first-order chi connectivity index (χ1) is 9.63. The van der Waals surface area contributed by atoms with Crippen LogP contribution in [-0.4, -0.2) is 26.5 Å². The molecule has 104 valence electrons. The number of hydrogen-bond acceptors (Lipinski definition) is 3. The first kappa shape index (κ1) is 14.1. The number of anilines is 1. The maximum Gasteiger partial charge on any atom is 0.196 e. The van der Waals surface area contributed by atoms with Crippen molar-refractivity contribution in [2.45, 2.75) is 6.92 Å². The summed E-state index contributed by atoms with van der Waals surface area (Å²) >= 11 is 0. The van der Waals surface area contributed by atoms with Gasteiger partial charge in [-0.2, -0.15) is 0 Å². The highest BCUT2D eigenvalue weighted by atomic mass is 16.5. The first-order valence-corrected chi connectivity index (χ1v) is 6.67. The molecule has 0 atom stereocenters. The van der Waals surface area contributed by atoms with Gasteiger partial charge in [-0.25, -0.2) is 0 Å². The van der Waals surface area contributed by atoms with Crippen LogP contribution in [0.3, 0.4) is 0 Å². The van der Waals surface area contributed by atoms with Crippen LogP contribution in [0.25, 0.3) is 0 Å². The molecular formula is C17H19NO2. The van der Waals surface area contributed by atoms with Crippen LogP contribution in [0.1, 0.15) is 22.8 Å². The fourth-order valence-corrected chi connectivity index (χ4v) is 2.00. The van der Waals surface area contributed by atoms with Crippen LogP contribution in [0.2, 0.25) is 0 Å². The lowest BCUT2D eigenvalue weighted by molar-refractivity contribution is 0.103. The molecule has 0 aromatic heterocycles. The quantitative estimate of drug-likeness (QED) is 0.779. The minimum Gasteiger partial charge on any atom is -0.493 e. The number of rotatable bonds is 5. The van der Waals surface area contributed by atoms with E-state index in [2.05, 4.69) is 0 Å². The molecule has 3 heteroatoms. The van der Waals surface area contributed by atoms with E-state index in [9.17, 15) is 4.79 Å². The Kier molecular flexibility index (Phi) is 4.41. The van der Waals surface area contributed by atoms with Gasteiger partial charge in [0.25, 0.3) is 0 Å². The molecule has 0 saturated heterocycles. The summed E-state index contributed by atoms with van der Waals surface area (Å²) in [5.74, 6) is 0.621. The zero-order chi connectivity index (χ0) is 14.5. The highest BCUT2D eigenvalue weighted by molar-refractivity contribution is 6.10. The molecule has 0 radical (unpaired) electrons. The van der Waals surface area contributed by atoms with E-state index in [-0.39, 0.29) is 5.78 Å². The fraction of sp³-hybridized carbons (Fsp3) is 0.235. The van der Waals surface area contributed by atoms with Crippen LogP contribution in [0.15, 0.2) is 48.5 Å². The average molecular weight is 269 g/mol. The number of carbonyl (C=O) groups excluding carboxylic acids is 1. The van der Waals surface area contributed by atoms with Crippen molar-refractivity contribution in [2.24, 2.45) is 0 Å². The predicted molar refractivity (Wildman–Crippen MR) is 81.8 cm³/mol. The molecule has 2 aromatic rings. The number of hydrogen-bond donors (Lipinski definition) is 0. The minimum atomic E-state index is -0.0145. The molecule has 0 N–H and O–H groups in total. The van der Waals surface area contributed by atoms with E-state index >= 15 is 0 Å². The van der Waals surface area contributed by atoms with Crippen molar-refractivity contribution in [3.05, 3.63) is 59.7 Å². The largest absolute Gasteiger partial charge is 0.493 e. The lowest BCUT2D eigenvalue weighted by Gasteiger charge is -2.13. The van der Waals surface area contributed by atoms with Crippen molar-refractivity contribution < 1.29 is 9.53 Å². The third kappa shape index (κ3) is 2.99. The van der Waals surface area contributed by atoms with E-state index < -0.39 is 0 Å². The molecule has 0 aliphatic rings. The predicted octanol–water partition coefficient (Wildman–Crippen LogP) is 3.38. The Bertz CT molecular complexity index is 588. The number of ether oxygens (including phenoxy) is 1. The normalized spacial score (nSPS) is 10.2. The summed E-state index contributed by atoms with van der Waals surface area (Å²) in [5, 5.41) is 0. The molecule has 2 rings (SSSR count). The Morgan fingerprint density at radius 1 is 1.05 bits per heavy atom. The van der Waals surface area contributed by atoms with Crippen molar-refractivity contribution in [3.63, 3.8) is 0 Å². The standard InChI is InChI=1S/C17H19NO2/c1-4-20-16-8-6-5-7-15(16)17(19)13-9-11-14(12-10-13)18(2)3/h5-12H,4H2,1-3H3. The van der Waals surface area contributed by atoms with Gasteiger partial charge in [0.1, 0.15) is 5.75 Å². The van der Waals surface area contributed by atoms with E-state index in [0.29, 0.717) is 23.5 Å². The van der Waals surface area contributed by atoms with Crippen LogP contribution in [0.4, 0.5) is 5.69 Å². The van der Waals surface area contributed by atoms with Crippen LogP contribution < -0.4 is 9.64 Å². The molecule has 0 bridgehead atoms. The minimum absolute atomic E-state index is 0.0145. The van der Waals surface area contributed by atoms with Gasteiger partial charge in [-0.05, 0) is 43.3 Å². The Morgan fingerprint density at radius 3 is 2.30 bits per heavy atom. The van der Waals surface area contributed by atoms with Gasteiger partial charge < -0.3 is 9.64 Å². The van der Waals surface area contributed by atoms with E-state index in [4.69, 9.17) is 4.74 Å². The van der Waals surface area contributed by atoms with Gasteiger partial charge in [-0.15, -0.1) is 0 Å². The van der Waals surface area contributed by atoms with E-state index in [1.807, 2.05) is 68.4 Å². The second-order valence-electron chi connectivity index (χ2n) is 4.70. The summed E-state index contributed by atoms with van der Waals surface area (Å²) in [6.07, 6.45) is 0. The van der Waals surface area contributed by atoms with Gasteiger partial charge in [0.15, 0.2) is 5.78 Å². The fourth-order valence-electron chi connectivity index (χ4n) is 2.00. The van der Waals surface area contributed by atoms with E-state index in [0.717, 1.165) is 5.69 Å². The molecule has 0 fully saturated rings. The number of benzene rings is 2. The highest BCUT2D eigenvalue weighted by Gasteiger charge is 2.14. The molecule has 0 spiro atoms. The molecule has 0 aliphatic heterocycles. The van der Waals surface area contributed by atoms with Crippen molar-refractivity contribution in [3.8, 4) is 5.75 Å². The molecule has 0 amide bonds. The molecule has 3 nitrogen and oxygen atoms in total. The summed E-state index contributed by atoms with van der Waals surface area (Å²) in [7, 11) is 3.95. The molecule has 0 heterocycles. The Labute approximate surface area is 119 Å². The van der Waals surface area contributed by atoms with E-state index in [1.165, 1.54) is 0 Å². The monoisotopic (exact) mass is 269 g/mol. The lowest BCUT2D eigenvalue weighted by Crippen LogP contribution is -2.09. The Hall–Kier alpha value is -2.29. The topological polar surface area (TPSA) is 29.5 Å². The van der Waals surface area contributed by atoms with Crippen LogP contribution in [-0.2, 0) is 0 Å².